The van der Waals surface area contributed by atoms with E-state index in [2.05, 4.69) is 28.6 Å². The molecule has 0 unspecified atom stereocenters. The van der Waals surface area contributed by atoms with Crippen molar-refractivity contribution in [3.63, 3.8) is 0 Å². The number of pyridine rings is 1. The van der Waals surface area contributed by atoms with Crippen LogP contribution in [0.4, 0.5) is 0 Å². The predicted molar refractivity (Wildman–Crippen MR) is 154 cm³/mol. The number of nitrogens with zero attached hydrogens (tertiary/aromatic N) is 2. The molecule has 2 aromatic carbocycles. The number of carbonyl (C=O) groups excluding carboxylic acids is 1. The topological polar surface area (TPSA) is 58.9 Å². The number of H-pyrrole nitrogens is 1. The Hall–Kier alpha value is -1.90. The van der Waals surface area contributed by atoms with Crippen LogP contribution in [0.5, 0.6) is 5.75 Å². The van der Waals surface area contributed by atoms with Crippen LogP contribution in [0.2, 0.25) is 10.0 Å². The number of methoxy groups -OCH3 is 1. The summed E-state index contributed by atoms with van der Waals surface area (Å²) in [6.45, 7) is 10.1. The maximum absolute atomic E-state index is 13.1. The number of Topliss-reactive ketones (excluding diaryl/α,β-unsaturated/α-hetero) is 1. The normalized spacial score (nSPS) is 15.4. The molecule has 5 nitrogen and oxygen atoms in total. The number of carbonyl (C=O) groups is 1. The summed E-state index contributed by atoms with van der Waals surface area (Å²) < 4.78 is 7.69. The van der Waals surface area contributed by atoms with Gasteiger partial charge in [-0.1, -0.05) is 49.8 Å². The van der Waals surface area contributed by atoms with Gasteiger partial charge in [0.15, 0.2) is 11.3 Å². The van der Waals surface area contributed by atoms with E-state index in [1.54, 1.807) is 28.7 Å². The van der Waals surface area contributed by atoms with Crippen molar-refractivity contribution in [2.75, 3.05) is 7.11 Å². The highest BCUT2D eigenvalue weighted by atomic mass is 35.5. The summed E-state index contributed by atoms with van der Waals surface area (Å²) in [5.74, 6) is 2.49. The van der Waals surface area contributed by atoms with E-state index in [1.165, 1.54) is 0 Å². The first-order chi connectivity index (χ1) is 17.4. The summed E-state index contributed by atoms with van der Waals surface area (Å²) in [6, 6.07) is 11.8. The number of hydrogen-bond acceptors (Lipinski definition) is 5. The molecule has 0 amide bonds. The number of fused-ring (bicyclic) bond motifs is 2. The van der Waals surface area contributed by atoms with E-state index in [-0.39, 0.29) is 18.2 Å². The number of rotatable bonds is 6. The zero-order valence-corrected chi connectivity index (χ0v) is 25.8. The third-order valence-corrected chi connectivity index (χ3v) is 10.2. The molecule has 2 aromatic heterocycles. The lowest BCUT2D eigenvalue weighted by molar-refractivity contribution is -0.610. The molecule has 5 rings (SSSR count). The van der Waals surface area contributed by atoms with Crippen LogP contribution in [-0.2, 0) is 21.4 Å². The van der Waals surface area contributed by atoms with Gasteiger partial charge < -0.3 is 17.1 Å². The van der Waals surface area contributed by atoms with Crippen molar-refractivity contribution in [3.05, 3.63) is 75.0 Å². The van der Waals surface area contributed by atoms with Gasteiger partial charge in [-0.2, -0.15) is 0 Å². The van der Waals surface area contributed by atoms with Crippen molar-refractivity contribution >= 4 is 61.6 Å². The van der Waals surface area contributed by atoms with Crippen LogP contribution in [0.15, 0.2) is 47.5 Å². The number of aromatic nitrogens is 3. The Bertz CT molecular complexity index is 1510. The van der Waals surface area contributed by atoms with Crippen molar-refractivity contribution in [1.82, 2.24) is 9.97 Å². The molecular formula is C28H28Cl3N3O2S2. The molecule has 0 bridgehead atoms. The summed E-state index contributed by atoms with van der Waals surface area (Å²) in [6.07, 6.45) is 1.98. The lowest BCUT2D eigenvalue weighted by Gasteiger charge is -2.21. The summed E-state index contributed by atoms with van der Waals surface area (Å²) >= 11 is 12.3. The maximum atomic E-state index is 13.1. The molecule has 0 radical (unpaired) electrons. The number of ketones is 1. The highest BCUT2D eigenvalue weighted by molar-refractivity contribution is 8.76. The van der Waals surface area contributed by atoms with Gasteiger partial charge in [0, 0.05) is 27.4 Å². The first-order valence-electron chi connectivity index (χ1n) is 11.9. The van der Waals surface area contributed by atoms with Gasteiger partial charge in [-0.05, 0) is 76.1 Å². The number of ether oxygens (including phenoxy) is 1. The molecule has 200 valence electrons. The molecule has 38 heavy (non-hydrogen) atoms. The minimum absolute atomic E-state index is 0. The molecule has 0 saturated carbocycles. The van der Waals surface area contributed by atoms with E-state index in [1.807, 2.05) is 58.2 Å². The molecule has 0 aliphatic heterocycles. The number of hydrogen-bond donors (Lipinski definition) is 1. The van der Waals surface area contributed by atoms with E-state index in [9.17, 15) is 4.79 Å². The molecule has 0 atom stereocenters. The Kier molecular flexibility index (Phi) is 8.10. The van der Waals surface area contributed by atoms with Crippen molar-refractivity contribution in [2.45, 2.75) is 56.1 Å². The van der Waals surface area contributed by atoms with Gasteiger partial charge in [-0.3, -0.25) is 4.79 Å². The average molecular weight is 609 g/mol. The Morgan fingerprint density at radius 1 is 1.03 bits per heavy atom. The number of imidazole rings is 1. The van der Waals surface area contributed by atoms with Crippen molar-refractivity contribution in [1.29, 1.82) is 0 Å². The first kappa shape index (κ1) is 29.1. The quantitative estimate of drug-likeness (QED) is 0.257. The van der Waals surface area contributed by atoms with Gasteiger partial charge in [-0.15, -0.1) is 0 Å². The number of nitrogens with one attached hydrogen (secondary N) is 1. The lowest BCUT2D eigenvalue weighted by atomic mass is 9.80. The average Bonchev–Trinajstić information content (AvgIpc) is 3.33. The van der Waals surface area contributed by atoms with Gasteiger partial charge in [0.25, 0.3) is 0 Å². The highest BCUT2D eigenvalue weighted by Crippen LogP contribution is 2.47. The largest absolute Gasteiger partial charge is 1.00 e. The summed E-state index contributed by atoms with van der Waals surface area (Å²) in [5.41, 5.74) is 4.91. The zero-order chi connectivity index (χ0) is 26.7. The van der Waals surface area contributed by atoms with Crippen LogP contribution in [0.25, 0.3) is 17.0 Å². The highest BCUT2D eigenvalue weighted by Gasteiger charge is 2.50. The SMILES string of the molecule is COc1cc[n+](-c2nc3cc4c(cc3[nH]2)C(C)(C)C(=O)C4(C)C)c(CSSc2ccc(Cl)c(Cl)c2)c1C.[Cl-]. The molecule has 4 aromatic rings. The van der Waals surface area contributed by atoms with Crippen LogP contribution in [0.1, 0.15) is 50.1 Å². The van der Waals surface area contributed by atoms with Crippen LogP contribution in [-0.4, -0.2) is 22.9 Å². The molecular weight excluding hydrogens is 581 g/mol. The monoisotopic (exact) mass is 607 g/mol. The van der Waals surface area contributed by atoms with Crippen LogP contribution < -0.4 is 21.7 Å². The van der Waals surface area contributed by atoms with E-state index in [4.69, 9.17) is 32.9 Å². The first-order valence-corrected chi connectivity index (χ1v) is 14.9. The fourth-order valence-corrected chi connectivity index (χ4v) is 7.72. The molecule has 10 heteroatoms. The molecule has 1 N–H and O–H groups in total. The zero-order valence-electron chi connectivity index (χ0n) is 21.9. The summed E-state index contributed by atoms with van der Waals surface area (Å²) in [7, 11) is 5.02. The van der Waals surface area contributed by atoms with Crippen molar-refractivity contribution in [3.8, 4) is 11.7 Å². The Morgan fingerprint density at radius 2 is 1.71 bits per heavy atom. The van der Waals surface area contributed by atoms with Crippen LogP contribution in [0, 0.1) is 6.92 Å². The molecule has 1 aliphatic carbocycles. The fraction of sp³-hybridized carbons (Fsp3) is 0.321. The van der Waals surface area contributed by atoms with Gasteiger partial charge in [0.05, 0.1) is 29.1 Å². The van der Waals surface area contributed by atoms with E-state index < -0.39 is 10.8 Å². The van der Waals surface area contributed by atoms with E-state index in [0.29, 0.717) is 15.8 Å². The minimum Gasteiger partial charge on any atom is -1.00 e. The van der Waals surface area contributed by atoms with Gasteiger partial charge in [0.1, 0.15) is 17.0 Å². The Balaban J connectivity index is 0.00000336. The van der Waals surface area contributed by atoms with Crippen molar-refractivity contribution in [2.24, 2.45) is 0 Å². The van der Waals surface area contributed by atoms with Gasteiger partial charge >= 0.3 is 5.95 Å². The maximum Gasteiger partial charge on any atom is 0.402 e. The van der Waals surface area contributed by atoms with Crippen LogP contribution >= 0.6 is 44.8 Å². The molecule has 2 heterocycles. The predicted octanol–water partition coefficient (Wildman–Crippen LogP) is 4.55. The standard InChI is InChI=1S/C28H28Cl2N3O2S2.ClH/c1-15-23(14-36-37-16-7-8-19(29)20(30)11-16)33(10-9-24(15)35-6)26-31-21-12-17-18(13-22(21)32-26)28(4,5)25(34)27(17,2)3;/h7-13H,14H2,1-6H3,(H,31,32);1H/q+1;/p-1. The van der Waals surface area contributed by atoms with Crippen molar-refractivity contribution < 1.29 is 26.5 Å². The smallest absolute Gasteiger partial charge is 0.402 e. The second-order valence-electron chi connectivity index (χ2n) is 10.3. The van der Waals surface area contributed by atoms with Gasteiger partial charge in [0.2, 0.25) is 0 Å². The van der Waals surface area contributed by atoms with Crippen LogP contribution in [0.3, 0.4) is 0 Å². The molecule has 0 spiro atoms. The Labute approximate surface area is 246 Å². The number of benzene rings is 2. The second kappa shape index (κ2) is 10.6. The number of halogens is 3. The molecule has 0 saturated heterocycles. The second-order valence-corrected chi connectivity index (χ2v) is 13.5. The van der Waals surface area contributed by atoms with E-state index in [0.717, 1.165) is 50.0 Å². The third kappa shape index (κ3) is 4.81. The minimum atomic E-state index is -0.542. The molecule has 1 aliphatic rings. The third-order valence-electron chi connectivity index (χ3n) is 7.25. The van der Waals surface area contributed by atoms with Gasteiger partial charge in [-0.25, -0.2) is 9.55 Å². The fourth-order valence-electron chi connectivity index (χ4n) is 5.18. The molecule has 0 fully saturated rings. The summed E-state index contributed by atoms with van der Waals surface area (Å²) in [5, 5.41) is 1.09. The summed E-state index contributed by atoms with van der Waals surface area (Å²) in [4.78, 5) is 22.6. The lowest BCUT2D eigenvalue weighted by Crippen LogP contribution is -3.00. The number of aromatic amines is 1. The Morgan fingerprint density at radius 3 is 2.37 bits per heavy atom. The van der Waals surface area contributed by atoms with E-state index >= 15 is 0 Å².